The van der Waals surface area contributed by atoms with Crippen molar-refractivity contribution in [2.24, 2.45) is 0 Å². The molecule has 0 bridgehead atoms. The van der Waals surface area contributed by atoms with Gasteiger partial charge < -0.3 is 10.1 Å². The first-order valence-corrected chi connectivity index (χ1v) is 7.47. The number of thiophene rings is 1. The first-order chi connectivity index (χ1) is 8.79. The van der Waals surface area contributed by atoms with Gasteiger partial charge in [-0.25, -0.2) is 0 Å². The van der Waals surface area contributed by atoms with Crippen LogP contribution in [0, 0.1) is 0 Å². The van der Waals surface area contributed by atoms with Crippen LogP contribution in [0.4, 0.5) is 0 Å². The molecule has 0 aliphatic heterocycles. The van der Waals surface area contributed by atoms with Crippen LogP contribution in [0.2, 0.25) is 0 Å². The van der Waals surface area contributed by atoms with Crippen molar-refractivity contribution in [3.8, 4) is 5.75 Å². The van der Waals surface area contributed by atoms with Crippen LogP contribution in [0.5, 0.6) is 5.75 Å². The summed E-state index contributed by atoms with van der Waals surface area (Å²) in [5.41, 5.74) is 1.25. The molecule has 2 aromatic rings. The molecule has 0 aliphatic rings. The minimum atomic E-state index is 0.922. The smallest absolute Gasteiger partial charge is 0.122 e. The predicted octanol–water partition coefficient (Wildman–Crippen LogP) is 3.85. The fourth-order valence-corrected chi connectivity index (χ4v) is 3.24. The van der Waals surface area contributed by atoms with Gasteiger partial charge in [0, 0.05) is 11.4 Å². The molecule has 2 rings (SSSR count). The molecule has 1 N–H and O–H groups in total. The van der Waals surface area contributed by atoms with Gasteiger partial charge in [0.15, 0.2) is 0 Å². The number of methoxy groups -OCH3 is 1. The maximum absolute atomic E-state index is 5.33. The number of para-hydroxylation sites is 1. The van der Waals surface area contributed by atoms with Gasteiger partial charge in [0.2, 0.25) is 0 Å². The van der Waals surface area contributed by atoms with E-state index in [1.54, 1.807) is 18.4 Å². The Morgan fingerprint density at radius 2 is 2.06 bits per heavy atom. The summed E-state index contributed by atoms with van der Waals surface area (Å²) >= 11 is 5.24. The first kappa shape index (κ1) is 13.6. The van der Waals surface area contributed by atoms with Crippen molar-refractivity contribution in [2.45, 2.75) is 13.0 Å². The lowest BCUT2D eigenvalue weighted by Crippen LogP contribution is -2.16. The highest BCUT2D eigenvalue weighted by Gasteiger charge is 2.01. The molecule has 1 aromatic heterocycles. The molecule has 0 amide bonds. The van der Waals surface area contributed by atoms with Crippen LogP contribution in [-0.2, 0) is 13.0 Å². The third-order valence-electron chi connectivity index (χ3n) is 2.69. The summed E-state index contributed by atoms with van der Waals surface area (Å²) < 4.78 is 6.52. The van der Waals surface area contributed by atoms with Gasteiger partial charge in [0.05, 0.1) is 10.9 Å². The van der Waals surface area contributed by atoms with Crippen molar-refractivity contribution in [3.05, 3.63) is 50.6 Å². The fraction of sp³-hybridized carbons (Fsp3) is 0.286. The SMILES string of the molecule is COc1ccccc1CCNCc1ccc(Br)s1. The second-order valence-electron chi connectivity index (χ2n) is 3.94. The Hall–Kier alpha value is -0.840. The van der Waals surface area contributed by atoms with Gasteiger partial charge in [-0.3, -0.25) is 0 Å². The van der Waals surface area contributed by atoms with Gasteiger partial charge in [0.1, 0.15) is 5.75 Å². The van der Waals surface area contributed by atoms with Gasteiger partial charge in [-0.05, 0) is 52.7 Å². The fourth-order valence-electron chi connectivity index (χ4n) is 1.79. The van der Waals surface area contributed by atoms with Gasteiger partial charge in [-0.2, -0.15) is 0 Å². The van der Waals surface area contributed by atoms with Crippen molar-refractivity contribution >= 4 is 27.3 Å². The van der Waals surface area contributed by atoms with E-state index in [0.717, 1.165) is 25.3 Å². The van der Waals surface area contributed by atoms with E-state index in [9.17, 15) is 0 Å². The number of hydrogen-bond acceptors (Lipinski definition) is 3. The Balaban J connectivity index is 1.78. The van der Waals surface area contributed by atoms with Gasteiger partial charge in [-0.1, -0.05) is 18.2 Å². The van der Waals surface area contributed by atoms with Crippen LogP contribution < -0.4 is 10.1 Å². The highest BCUT2D eigenvalue weighted by atomic mass is 79.9. The number of nitrogens with one attached hydrogen (secondary N) is 1. The second-order valence-corrected chi connectivity index (χ2v) is 6.49. The molecule has 0 aliphatic carbocycles. The highest BCUT2D eigenvalue weighted by Crippen LogP contribution is 2.22. The van der Waals surface area contributed by atoms with E-state index in [4.69, 9.17) is 4.74 Å². The largest absolute Gasteiger partial charge is 0.496 e. The first-order valence-electron chi connectivity index (χ1n) is 5.86. The van der Waals surface area contributed by atoms with Gasteiger partial charge in [-0.15, -0.1) is 11.3 Å². The lowest BCUT2D eigenvalue weighted by molar-refractivity contribution is 0.409. The maximum atomic E-state index is 5.33. The average molecular weight is 326 g/mol. The molecule has 18 heavy (non-hydrogen) atoms. The molecule has 0 unspecified atom stereocenters. The molecular weight excluding hydrogens is 310 g/mol. The Kier molecular flexibility index (Phi) is 5.23. The zero-order valence-corrected chi connectivity index (χ0v) is 12.7. The molecule has 0 radical (unpaired) electrons. The van der Waals surface area contributed by atoms with E-state index in [0.29, 0.717) is 0 Å². The Morgan fingerprint density at radius 1 is 1.22 bits per heavy atom. The third-order valence-corrected chi connectivity index (χ3v) is 4.32. The third kappa shape index (κ3) is 3.83. The molecule has 1 aromatic carbocycles. The van der Waals surface area contributed by atoms with Crippen molar-refractivity contribution < 1.29 is 4.74 Å². The van der Waals surface area contributed by atoms with Crippen molar-refractivity contribution in [1.29, 1.82) is 0 Å². The topological polar surface area (TPSA) is 21.3 Å². The molecule has 2 nitrogen and oxygen atoms in total. The Labute approximate surface area is 120 Å². The molecule has 0 spiro atoms. The highest BCUT2D eigenvalue weighted by molar-refractivity contribution is 9.11. The molecule has 0 saturated carbocycles. The lowest BCUT2D eigenvalue weighted by atomic mass is 10.1. The quantitative estimate of drug-likeness (QED) is 0.814. The second kappa shape index (κ2) is 6.92. The number of benzene rings is 1. The molecular formula is C14H16BrNOS. The summed E-state index contributed by atoms with van der Waals surface area (Å²) in [6.07, 6.45) is 0.983. The van der Waals surface area contributed by atoms with E-state index >= 15 is 0 Å². The number of hydrogen-bond donors (Lipinski definition) is 1. The predicted molar refractivity (Wildman–Crippen MR) is 80.4 cm³/mol. The molecule has 0 fully saturated rings. The van der Waals surface area contributed by atoms with E-state index in [1.165, 1.54) is 14.2 Å². The van der Waals surface area contributed by atoms with E-state index in [1.807, 2.05) is 18.2 Å². The van der Waals surface area contributed by atoms with Gasteiger partial charge >= 0.3 is 0 Å². The molecule has 4 heteroatoms. The zero-order chi connectivity index (χ0) is 12.8. The number of rotatable bonds is 6. The van der Waals surface area contributed by atoms with Crippen LogP contribution in [0.25, 0.3) is 0 Å². The summed E-state index contributed by atoms with van der Waals surface area (Å²) in [5.74, 6) is 0.971. The van der Waals surface area contributed by atoms with E-state index in [-0.39, 0.29) is 0 Å². The molecule has 0 atom stereocenters. The van der Waals surface area contributed by atoms with Crippen LogP contribution in [0.1, 0.15) is 10.4 Å². The minimum absolute atomic E-state index is 0.922. The number of ether oxygens (including phenoxy) is 1. The normalized spacial score (nSPS) is 10.6. The van der Waals surface area contributed by atoms with E-state index in [2.05, 4.69) is 39.4 Å². The minimum Gasteiger partial charge on any atom is -0.496 e. The number of halogens is 1. The molecule has 1 heterocycles. The molecule has 0 saturated heterocycles. The summed E-state index contributed by atoms with van der Waals surface area (Å²) in [6.45, 7) is 1.88. The van der Waals surface area contributed by atoms with Crippen molar-refractivity contribution in [3.63, 3.8) is 0 Å². The maximum Gasteiger partial charge on any atom is 0.122 e. The van der Waals surface area contributed by atoms with Crippen LogP contribution >= 0.6 is 27.3 Å². The van der Waals surface area contributed by atoms with Crippen LogP contribution in [0.15, 0.2) is 40.2 Å². The summed E-state index contributed by atoms with van der Waals surface area (Å²) in [6, 6.07) is 12.4. The summed E-state index contributed by atoms with van der Waals surface area (Å²) in [7, 11) is 1.72. The summed E-state index contributed by atoms with van der Waals surface area (Å²) in [5, 5.41) is 3.45. The standard InChI is InChI=1S/C14H16BrNOS/c1-17-13-5-3-2-4-11(13)8-9-16-10-12-6-7-14(15)18-12/h2-7,16H,8-10H2,1H3. The zero-order valence-electron chi connectivity index (χ0n) is 10.3. The van der Waals surface area contributed by atoms with Crippen LogP contribution in [0.3, 0.4) is 0 Å². The Morgan fingerprint density at radius 3 is 2.78 bits per heavy atom. The molecule has 96 valence electrons. The monoisotopic (exact) mass is 325 g/mol. The summed E-state index contributed by atoms with van der Waals surface area (Å²) in [4.78, 5) is 1.35. The van der Waals surface area contributed by atoms with Crippen molar-refractivity contribution in [2.75, 3.05) is 13.7 Å². The van der Waals surface area contributed by atoms with Gasteiger partial charge in [0.25, 0.3) is 0 Å². The van der Waals surface area contributed by atoms with Crippen LogP contribution in [-0.4, -0.2) is 13.7 Å². The van der Waals surface area contributed by atoms with Crippen molar-refractivity contribution in [1.82, 2.24) is 5.32 Å². The lowest BCUT2D eigenvalue weighted by Gasteiger charge is -2.08. The van der Waals surface area contributed by atoms with E-state index < -0.39 is 0 Å². The average Bonchev–Trinajstić information content (AvgIpc) is 2.81. The Bertz CT molecular complexity index is 498.